The Kier molecular flexibility index (Phi) is 5.39. The van der Waals surface area contributed by atoms with Crippen LogP contribution < -0.4 is 10.6 Å². The van der Waals surface area contributed by atoms with Crippen LogP contribution in [-0.4, -0.2) is 28.4 Å². The summed E-state index contributed by atoms with van der Waals surface area (Å²) < 4.78 is 1.92. The second-order valence-electron chi connectivity index (χ2n) is 6.62. The van der Waals surface area contributed by atoms with Gasteiger partial charge in [-0.15, -0.1) is 0 Å². The van der Waals surface area contributed by atoms with Crippen LogP contribution in [0.5, 0.6) is 0 Å². The lowest BCUT2D eigenvalue weighted by molar-refractivity contribution is -0.111. The van der Waals surface area contributed by atoms with E-state index in [9.17, 15) is 9.59 Å². The van der Waals surface area contributed by atoms with Crippen molar-refractivity contribution in [2.75, 3.05) is 12.4 Å². The number of nitrogens with zero attached hydrogens (tertiary/aromatic N) is 2. The molecule has 3 aromatic carbocycles. The third-order valence-electron chi connectivity index (χ3n) is 4.64. The molecular weight excluding hydrogens is 376 g/mol. The van der Waals surface area contributed by atoms with Crippen molar-refractivity contribution in [2.45, 2.75) is 0 Å². The SMILES string of the molecule is CNC(=O)c1ccc(C=CC(=O)Nc2nc3ccccc3n2-c2ccccc2)cc1. The largest absolute Gasteiger partial charge is 0.355 e. The maximum atomic E-state index is 12.6. The van der Waals surface area contributed by atoms with Gasteiger partial charge in [-0.25, -0.2) is 4.98 Å². The van der Waals surface area contributed by atoms with E-state index in [0.29, 0.717) is 11.5 Å². The summed E-state index contributed by atoms with van der Waals surface area (Å²) >= 11 is 0. The van der Waals surface area contributed by atoms with Gasteiger partial charge in [0.15, 0.2) is 0 Å². The predicted octanol–water partition coefficient (Wildman–Crippen LogP) is 4.04. The fourth-order valence-electron chi connectivity index (χ4n) is 3.16. The van der Waals surface area contributed by atoms with Gasteiger partial charge in [0.05, 0.1) is 11.0 Å². The molecule has 4 aromatic rings. The highest BCUT2D eigenvalue weighted by molar-refractivity contribution is 6.02. The number of carbonyl (C=O) groups excluding carboxylic acids is 2. The Bertz CT molecular complexity index is 1230. The average molecular weight is 396 g/mol. The number of nitrogens with one attached hydrogen (secondary N) is 2. The number of rotatable bonds is 5. The highest BCUT2D eigenvalue weighted by Gasteiger charge is 2.13. The summed E-state index contributed by atoms with van der Waals surface area (Å²) in [6.07, 6.45) is 3.14. The van der Waals surface area contributed by atoms with E-state index in [2.05, 4.69) is 15.6 Å². The predicted molar refractivity (Wildman–Crippen MR) is 119 cm³/mol. The molecule has 0 aliphatic rings. The number of fused-ring (bicyclic) bond motifs is 1. The van der Waals surface area contributed by atoms with E-state index in [-0.39, 0.29) is 11.8 Å². The molecule has 0 radical (unpaired) electrons. The number of carbonyl (C=O) groups is 2. The second-order valence-corrected chi connectivity index (χ2v) is 6.62. The third-order valence-corrected chi connectivity index (χ3v) is 4.64. The quantitative estimate of drug-likeness (QED) is 0.500. The number of para-hydroxylation sites is 3. The van der Waals surface area contributed by atoms with Crippen molar-refractivity contribution in [3.63, 3.8) is 0 Å². The number of benzene rings is 3. The molecule has 6 nitrogen and oxygen atoms in total. The van der Waals surface area contributed by atoms with Crippen molar-refractivity contribution in [1.82, 2.24) is 14.9 Å². The van der Waals surface area contributed by atoms with Crippen molar-refractivity contribution in [2.24, 2.45) is 0 Å². The molecule has 0 spiro atoms. The first-order valence-electron chi connectivity index (χ1n) is 9.50. The zero-order valence-electron chi connectivity index (χ0n) is 16.4. The molecule has 1 aromatic heterocycles. The first-order valence-corrected chi connectivity index (χ1v) is 9.50. The van der Waals surface area contributed by atoms with E-state index in [1.807, 2.05) is 59.2 Å². The molecule has 6 heteroatoms. The molecule has 30 heavy (non-hydrogen) atoms. The molecule has 0 saturated carbocycles. The van der Waals surface area contributed by atoms with Crippen LogP contribution in [0, 0.1) is 0 Å². The third kappa shape index (κ3) is 3.98. The van der Waals surface area contributed by atoms with Crippen molar-refractivity contribution < 1.29 is 9.59 Å². The standard InChI is InChI=1S/C24H20N4O2/c1-25-23(30)18-14-11-17(12-15-18)13-16-22(29)27-24-26-20-9-5-6-10-21(20)28(24)19-7-3-2-4-8-19/h2-16H,1H3,(H,25,30)(H,26,27,29). The molecule has 0 atom stereocenters. The lowest BCUT2D eigenvalue weighted by Crippen LogP contribution is -2.17. The Morgan fingerprint density at radius 3 is 2.33 bits per heavy atom. The lowest BCUT2D eigenvalue weighted by Gasteiger charge is -2.09. The van der Waals surface area contributed by atoms with Crippen LogP contribution >= 0.6 is 0 Å². The number of aromatic nitrogens is 2. The smallest absolute Gasteiger partial charge is 0.251 e. The van der Waals surface area contributed by atoms with Crippen molar-refractivity contribution in [3.05, 3.63) is 96.1 Å². The van der Waals surface area contributed by atoms with Crippen LogP contribution in [0.25, 0.3) is 22.8 Å². The Morgan fingerprint density at radius 1 is 0.900 bits per heavy atom. The summed E-state index contributed by atoms with van der Waals surface area (Å²) in [5, 5.41) is 5.45. The number of amides is 2. The van der Waals surface area contributed by atoms with Gasteiger partial charge < -0.3 is 5.32 Å². The molecule has 0 unspecified atom stereocenters. The molecule has 0 saturated heterocycles. The first-order chi connectivity index (χ1) is 14.7. The van der Waals surface area contributed by atoms with E-state index >= 15 is 0 Å². The highest BCUT2D eigenvalue weighted by atomic mass is 16.2. The van der Waals surface area contributed by atoms with Crippen LogP contribution in [0.2, 0.25) is 0 Å². The number of imidazole rings is 1. The van der Waals surface area contributed by atoms with Gasteiger partial charge in [0.25, 0.3) is 11.8 Å². The molecule has 0 bridgehead atoms. The fraction of sp³-hybridized carbons (Fsp3) is 0.0417. The van der Waals surface area contributed by atoms with Gasteiger partial charge in [0.1, 0.15) is 0 Å². The van der Waals surface area contributed by atoms with Crippen molar-refractivity contribution in [3.8, 4) is 5.69 Å². The summed E-state index contributed by atoms with van der Waals surface area (Å²) in [6.45, 7) is 0. The molecular formula is C24H20N4O2. The lowest BCUT2D eigenvalue weighted by atomic mass is 10.1. The zero-order valence-corrected chi connectivity index (χ0v) is 16.4. The summed E-state index contributed by atoms with van der Waals surface area (Å²) in [6, 6.07) is 24.5. The minimum Gasteiger partial charge on any atom is -0.355 e. The highest BCUT2D eigenvalue weighted by Crippen LogP contribution is 2.24. The number of hydrogen-bond donors (Lipinski definition) is 2. The van der Waals surface area contributed by atoms with Crippen LogP contribution in [0.1, 0.15) is 15.9 Å². The van der Waals surface area contributed by atoms with E-state index in [1.165, 1.54) is 6.08 Å². The minimum atomic E-state index is -0.294. The van der Waals surface area contributed by atoms with E-state index in [0.717, 1.165) is 22.3 Å². The van der Waals surface area contributed by atoms with Crippen LogP contribution in [0.15, 0.2) is 84.9 Å². The van der Waals surface area contributed by atoms with E-state index in [1.54, 1.807) is 37.4 Å². The van der Waals surface area contributed by atoms with Gasteiger partial charge in [0, 0.05) is 24.4 Å². The molecule has 2 N–H and O–H groups in total. The van der Waals surface area contributed by atoms with Crippen LogP contribution in [0.3, 0.4) is 0 Å². The summed E-state index contributed by atoms with van der Waals surface area (Å²) in [7, 11) is 1.59. The Labute approximate surface area is 173 Å². The van der Waals surface area contributed by atoms with Gasteiger partial charge in [0.2, 0.25) is 5.95 Å². The zero-order chi connectivity index (χ0) is 20.9. The van der Waals surface area contributed by atoms with Crippen molar-refractivity contribution >= 4 is 34.9 Å². The molecule has 1 heterocycles. The van der Waals surface area contributed by atoms with Gasteiger partial charge in [-0.3, -0.25) is 19.5 Å². The number of hydrogen-bond acceptors (Lipinski definition) is 3. The fourth-order valence-corrected chi connectivity index (χ4v) is 3.16. The molecule has 0 fully saturated rings. The maximum absolute atomic E-state index is 12.6. The molecule has 148 valence electrons. The monoisotopic (exact) mass is 396 g/mol. The van der Waals surface area contributed by atoms with Crippen LogP contribution in [0.4, 0.5) is 5.95 Å². The van der Waals surface area contributed by atoms with Gasteiger partial charge in [-0.2, -0.15) is 0 Å². The van der Waals surface area contributed by atoms with Crippen LogP contribution in [-0.2, 0) is 4.79 Å². The molecule has 4 rings (SSSR count). The second kappa shape index (κ2) is 8.45. The van der Waals surface area contributed by atoms with Gasteiger partial charge in [-0.1, -0.05) is 42.5 Å². The summed E-state index contributed by atoms with van der Waals surface area (Å²) in [5.74, 6) is 0.00738. The van der Waals surface area contributed by atoms with Crippen molar-refractivity contribution in [1.29, 1.82) is 0 Å². The van der Waals surface area contributed by atoms with E-state index in [4.69, 9.17) is 0 Å². The molecule has 0 aliphatic heterocycles. The maximum Gasteiger partial charge on any atom is 0.251 e. The summed E-state index contributed by atoms with van der Waals surface area (Å²) in [5.41, 5.74) is 4.00. The topological polar surface area (TPSA) is 76.0 Å². The summed E-state index contributed by atoms with van der Waals surface area (Å²) in [4.78, 5) is 28.7. The van der Waals surface area contributed by atoms with Gasteiger partial charge in [-0.05, 0) is 48.0 Å². The minimum absolute atomic E-state index is 0.150. The molecule has 2 amide bonds. The average Bonchev–Trinajstić information content (AvgIpc) is 3.15. The Balaban J connectivity index is 1.58. The van der Waals surface area contributed by atoms with E-state index < -0.39 is 0 Å². The number of anilines is 1. The Morgan fingerprint density at radius 2 is 1.60 bits per heavy atom. The Hall–Kier alpha value is -4.19. The molecule has 0 aliphatic carbocycles. The normalized spacial score (nSPS) is 11.0. The van der Waals surface area contributed by atoms with Gasteiger partial charge >= 0.3 is 0 Å². The first kappa shape index (κ1) is 19.1.